The summed E-state index contributed by atoms with van der Waals surface area (Å²) in [5.41, 5.74) is 2.58. The van der Waals surface area contributed by atoms with Gasteiger partial charge in [0.2, 0.25) is 0 Å². The van der Waals surface area contributed by atoms with Crippen molar-refractivity contribution < 1.29 is 4.39 Å². The van der Waals surface area contributed by atoms with Crippen molar-refractivity contribution in [2.24, 2.45) is 5.41 Å². The molecule has 1 atom stereocenters. The maximum atomic E-state index is 13.4. The number of alkyl halides is 1. The molecular formula is C21H23FN6S. The summed E-state index contributed by atoms with van der Waals surface area (Å²) >= 11 is 1.73. The zero-order valence-electron chi connectivity index (χ0n) is 16.1. The summed E-state index contributed by atoms with van der Waals surface area (Å²) < 4.78 is 14.6. The van der Waals surface area contributed by atoms with Crippen molar-refractivity contribution >= 4 is 33.2 Å². The van der Waals surface area contributed by atoms with Gasteiger partial charge in [0.25, 0.3) is 0 Å². The Bertz CT molecular complexity index is 1040. The van der Waals surface area contributed by atoms with Crippen LogP contribution in [0, 0.1) is 5.41 Å². The third kappa shape index (κ3) is 3.14. The van der Waals surface area contributed by atoms with Crippen LogP contribution in [0.4, 0.5) is 16.0 Å². The molecule has 3 aliphatic rings. The molecule has 3 aromatic heterocycles. The molecule has 1 N–H and O–H groups in total. The summed E-state index contributed by atoms with van der Waals surface area (Å²) in [6, 6.07) is 6.25. The van der Waals surface area contributed by atoms with E-state index in [1.165, 1.54) is 4.70 Å². The number of fused-ring (bicyclic) bond motifs is 1. The SMILES string of the molecule is F[C@@H]1CCN(c2ccc(Cc3nc4cnc(N5CC6(CNC6)C5)cc4s3)cn2)C1. The second-order valence-electron chi connectivity index (χ2n) is 8.61. The molecular weight excluding hydrogens is 387 g/mol. The molecule has 3 aromatic rings. The van der Waals surface area contributed by atoms with Crippen molar-refractivity contribution in [3.05, 3.63) is 41.2 Å². The van der Waals surface area contributed by atoms with Gasteiger partial charge in [-0.1, -0.05) is 6.07 Å². The molecule has 8 heteroatoms. The third-order valence-corrected chi connectivity index (χ3v) is 7.32. The van der Waals surface area contributed by atoms with Gasteiger partial charge in [-0.05, 0) is 18.1 Å². The van der Waals surface area contributed by atoms with Gasteiger partial charge in [-0.15, -0.1) is 11.3 Å². The van der Waals surface area contributed by atoms with Crippen LogP contribution in [0.15, 0.2) is 30.6 Å². The number of pyridine rings is 2. The highest BCUT2D eigenvalue weighted by Gasteiger charge is 2.47. The van der Waals surface area contributed by atoms with Crippen LogP contribution in [0.2, 0.25) is 0 Å². The summed E-state index contributed by atoms with van der Waals surface area (Å²) in [5.74, 6) is 1.93. The average molecular weight is 411 g/mol. The first-order valence-corrected chi connectivity index (χ1v) is 11.0. The van der Waals surface area contributed by atoms with Crippen molar-refractivity contribution in [1.29, 1.82) is 0 Å². The van der Waals surface area contributed by atoms with Gasteiger partial charge in [0.15, 0.2) is 0 Å². The van der Waals surface area contributed by atoms with E-state index in [1.54, 1.807) is 11.3 Å². The Hall–Kier alpha value is -2.32. The van der Waals surface area contributed by atoms with E-state index in [9.17, 15) is 4.39 Å². The highest BCUT2D eigenvalue weighted by Crippen LogP contribution is 2.37. The van der Waals surface area contributed by atoms with E-state index < -0.39 is 6.17 Å². The number of halogens is 1. The second-order valence-corrected chi connectivity index (χ2v) is 9.73. The molecule has 0 unspecified atom stereocenters. The minimum Gasteiger partial charge on any atom is -0.355 e. The van der Waals surface area contributed by atoms with Gasteiger partial charge in [0.05, 0.1) is 28.0 Å². The Labute approximate surface area is 172 Å². The highest BCUT2D eigenvalue weighted by atomic mass is 32.1. The molecule has 0 aliphatic carbocycles. The number of rotatable bonds is 4. The molecule has 0 bridgehead atoms. The number of anilines is 2. The minimum absolute atomic E-state index is 0.453. The lowest BCUT2D eigenvalue weighted by Gasteiger charge is -2.56. The number of nitrogens with zero attached hydrogens (tertiary/aromatic N) is 5. The molecule has 6 nitrogen and oxygen atoms in total. The van der Waals surface area contributed by atoms with Crippen LogP contribution in [0.5, 0.6) is 0 Å². The lowest BCUT2D eigenvalue weighted by atomic mass is 9.74. The van der Waals surface area contributed by atoms with E-state index in [1.807, 2.05) is 23.4 Å². The van der Waals surface area contributed by atoms with Gasteiger partial charge in [-0.2, -0.15) is 0 Å². The van der Waals surface area contributed by atoms with Crippen molar-refractivity contribution in [3.8, 4) is 0 Å². The molecule has 0 aromatic carbocycles. The van der Waals surface area contributed by atoms with E-state index in [0.29, 0.717) is 18.4 Å². The van der Waals surface area contributed by atoms with Crippen LogP contribution in [0.1, 0.15) is 17.0 Å². The molecule has 150 valence electrons. The Balaban J connectivity index is 1.16. The molecule has 3 fully saturated rings. The van der Waals surface area contributed by atoms with E-state index >= 15 is 0 Å². The predicted molar refractivity (Wildman–Crippen MR) is 114 cm³/mol. The quantitative estimate of drug-likeness (QED) is 0.714. The Morgan fingerprint density at radius 2 is 2.00 bits per heavy atom. The predicted octanol–water partition coefficient (Wildman–Crippen LogP) is 2.63. The zero-order chi connectivity index (χ0) is 19.4. The second kappa shape index (κ2) is 6.60. The summed E-state index contributed by atoms with van der Waals surface area (Å²) in [5, 5.41) is 4.44. The Morgan fingerprint density at radius 3 is 2.69 bits per heavy atom. The van der Waals surface area contributed by atoms with Crippen molar-refractivity contribution in [2.45, 2.75) is 19.0 Å². The monoisotopic (exact) mass is 410 g/mol. The topological polar surface area (TPSA) is 57.2 Å². The standard InChI is InChI=1S/C21H23FN6S/c22-15-3-4-27(9-15)18-2-1-14(7-24-18)5-20-26-16-8-25-19(6-17(16)29-20)28-12-21(13-28)10-23-11-21/h1-2,6-8,15,23H,3-5,9-13H2/t15-/m1/s1. The summed E-state index contributed by atoms with van der Waals surface area (Å²) in [7, 11) is 0. The number of hydrogen-bond acceptors (Lipinski definition) is 7. The van der Waals surface area contributed by atoms with Crippen LogP contribution in [0.3, 0.4) is 0 Å². The van der Waals surface area contributed by atoms with Crippen molar-refractivity contribution in [3.63, 3.8) is 0 Å². The number of hydrogen-bond donors (Lipinski definition) is 1. The van der Waals surface area contributed by atoms with Crippen LogP contribution < -0.4 is 15.1 Å². The Kier molecular flexibility index (Phi) is 3.99. The fourth-order valence-corrected chi connectivity index (χ4v) is 5.56. The molecule has 0 amide bonds. The van der Waals surface area contributed by atoms with E-state index in [0.717, 1.165) is 66.9 Å². The fourth-order valence-electron chi connectivity index (χ4n) is 4.55. The maximum absolute atomic E-state index is 13.4. The third-order valence-electron chi connectivity index (χ3n) is 6.30. The summed E-state index contributed by atoms with van der Waals surface area (Å²) in [6.45, 7) is 5.67. The van der Waals surface area contributed by atoms with Gasteiger partial charge in [0.1, 0.15) is 17.8 Å². The van der Waals surface area contributed by atoms with Gasteiger partial charge in [-0.25, -0.2) is 19.3 Å². The largest absolute Gasteiger partial charge is 0.355 e. The first-order valence-electron chi connectivity index (χ1n) is 10.2. The fraction of sp³-hybridized carbons (Fsp3) is 0.476. The average Bonchev–Trinajstić information content (AvgIpc) is 3.25. The zero-order valence-corrected chi connectivity index (χ0v) is 17.0. The van der Waals surface area contributed by atoms with Gasteiger partial charge in [0, 0.05) is 56.8 Å². The number of aromatic nitrogens is 3. The molecule has 0 radical (unpaired) electrons. The van der Waals surface area contributed by atoms with Crippen molar-refractivity contribution in [1.82, 2.24) is 20.3 Å². The molecule has 6 rings (SSSR count). The van der Waals surface area contributed by atoms with Gasteiger partial charge < -0.3 is 15.1 Å². The van der Waals surface area contributed by atoms with Crippen molar-refractivity contribution in [2.75, 3.05) is 49.1 Å². The number of nitrogens with one attached hydrogen (secondary N) is 1. The van der Waals surface area contributed by atoms with Crippen LogP contribution in [0.25, 0.3) is 10.2 Å². The molecule has 6 heterocycles. The number of thiazole rings is 1. The highest BCUT2D eigenvalue weighted by molar-refractivity contribution is 7.18. The first-order chi connectivity index (χ1) is 14.2. The molecule has 1 spiro atoms. The van der Waals surface area contributed by atoms with Crippen LogP contribution in [-0.4, -0.2) is 60.4 Å². The molecule has 0 saturated carbocycles. The van der Waals surface area contributed by atoms with Crippen LogP contribution >= 0.6 is 11.3 Å². The van der Waals surface area contributed by atoms with E-state index in [4.69, 9.17) is 4.98 Å². The molecule has 29 heavy (non-hydrogen) atoms. The Morgan fingerprint density at radius 1 is 1.14 bits per heavy atom. The summed E-state index contributed by atoms with van der Waals surface area (Å²) in [4.78, 5) is 18.3. The normalized spacial score (nSPS) is 22.9. The van der Waals surface area contributed by atoms with E-state index in [2.05, 4.69) is 32.3 Å². The maximum Gasteiger partial charge on any atom is 0.130 e. The molecule has 3 aliphatic heterocycles. The van der Waals surface area contributed by atoms with Gasteiger partial charge in [-0.3, -0.25) is 0 Å². The summed E-state index contributed by atoms with van der Waals surface area (Å²) in [6.07, 6.45) is 4.41. The van der Waals surface area contributed by atoms with Crippen LogP contribution in [-0.2, 0) is 6.42 Å². The first kappa shape index (κ1) is 17.5. The van der Waals surface area contributed by atoms with Gasteiger partial charge >= 0.3 is 0 Å². The lowest BCUT2D eigenvalue weighted by molar-refractivity contribution is 0.120. The molecule has 3 saturated heterocycles. The minimum atomic E-state index is -0.732. The smallest absolute Gasteiger partial charge is 0.130 e. The van der Waals surface area contributed by atoms with E-state index in [-0.39, 0.29) is 0 Å². The lowest BCUT2D eigenvalue weighted by Crippen LogP contribution is -2.71.